The number of ether oxygens (including phenoxy) is 1. The Morgan fingerprint density at radius 2 is 1.71 bits per heavy atom. The van der Waals surface area contributed by atoms with E-state index in [0.717, 1.165) is 29.9 Å². The van der Waals surface area contributed by atoms with Gasteiger partial charge in [0.25, 0.3) is 10.0 Å². The Balaban J connectivity index is 1.54. The second-order valence-electron chi connectivity index (χ2n) is 6.02. The molecular formula is C20H20FN3O3S. The molecule has 3 rings (SSSR count). The largest absolute Gasteiger partial charge is 0.497 e. The lowest BCUT2D eigenvalue weighted by Crippen LogP contribution is -2.13. The predicted octanol–water partition coefficient (Wildman–Crippen LogP) is 3.68. The number of nitrogens with one attached hydrogen (secondary N) is 2. The van der Waals surface area contributed by atoms with Crippen LogP contribution in [0.25, 0.3) is 0 Å². The van der Waals surface area contributed by atoms with Crippen molar-refractivity contribution in [2.24, 2.45) is 0 Å². The van der Waals surface area contributed by atoms with E-state index in [0.29, 0.717) is 18.1 Å². The minimum atomic E-state index is -3.79. The van der Waals surface area contributed by atoms with Gasteiger partial charge in [0, 0.05) is 6.54 Å². The van der Waals surface area contributed by atoms with Crippen molar-refractivity contribution in [3.63, 3.8) is 0 Å². The molecule has 3 aromatic rings. The smallest absolute Gasteiger partial charge is 0.261 e. The molecule has 0 aliphatic heterocycles. The van der Waals surface area contributed by atoms with Crippen LogP contribution in [-0.4, -0.2) is 27.1 Å². The van der Waals surface area contributed by atoms with Crippen LogP contribution in [0, 0.1) is 5.82 Å². The molecule has 0 aliphatic rings. The van der Waals surface area contributed by atoms with E-state index in [1.165, 1.54) is 18.3 Å². The van der Waals surface area contributed by atoms with Crippen LogP contribution in [0.4, 0.5) is 15.9 Å². The zero-order chi connectivity index (χ0) is 20.0. The molecule has 6 nitrogen and oxygen atoms in total. The fraction of sp³-hybridized carbons (Fsp3) is 0.150. The molecular weight excluding hydrogens is 381 g/mol. The van der Waals surface area contributed by atoms with Crippen LogP contribution in [0.2, 0.25) is 0 Å². The van der Waals surface area contributed by atoms with Crippen LogP contribution in [-0.2, 0) is 16.4 Å². The van der Waals surface area contributed by atoms with Gasteiger partial charge in [-0.1, -0.05) is 12.1 Å². The highest BCUT2D eigenvalue weighted by Crippen LogP contribution is 2.17. The summed E-state index contributed by atoms with van der Waals surface area (Å²) in [7, 11) is -2.16. The first-order valence-electron chi connectivity index (χ1n) is 8.57. The van der Waals surface area contributed by atoms with Crippen LogP contribution in [0.1, 0.15) is 5.56 Å². The molecule has 2 N–H and O–H groups in total. The third-order valence-electron chi connectivity index (χ3n) is 4.02. The first kappa shape index (κ1) is 19.6. The summed E-state index contributed by atoms with van der Waals surface area (Å²) < 4.78 is 45.1. The van der Waals surface area contributed by atoms with Crippen LogP contribution >= 0.6 is 0 Å². The molecule has 146 valence electrons. The lowest BCUT2D eigenvalue weighted by atomic mass is 10.1. The summed E-state index contributed by atoms with van der Waals surface area (Å²) >= 11 is 0. The minimum absolute atomic E-state index is 0.0180. The average Bonchev–Trinajstić information content (AvgIpc) is 2.70. The Morgan fingerprint density at radius 3 is 2.32 bits per heavy atom. The zero-order valence-corrected chi connectivity index (χ0v) is 16.0. The van der Waals surface area contributed by atoms with Gasteiger partial charge in [-0.15, -0.1) is 0 Å². The van der Waals surface area contributed by atoms with Gasteiger partial charge in [-0.25, -0.2) is 17.8 Å². The fourth-order valence-electron chi connectivity index (χ4n) is 2.51. The van der Waals surface area contributed by atoms with E-state index in [1.54, 1.807) is 19.2 Å². The molecule has 28 heavy (non-hydrogen) atoms. The molecule has 0 saturated heterocycles. The highest BCUT2D eigenvalue weighted by Gasteiger charge is 2.14. The summed E-state index contributed by atoms with van der Waals surface area (Å²) in [5.74, 6) is 0.959. The third-order valence-corrected chi connectivity index (χ3v) is 5.42. The number of aromatic nitrogens is 1. The third kappa shape index (κ3) is 5.20. The van der Waals surface area contributed by atoms with E-state index in [2.05, 4.69) is 15.0 Å². The van der Waals surface area contributed by atoms with E-state index in [1.807, 2.05) is 24.3 Å². The van der Waals surface area contributed by atoms with Gasteiger partial charge in [0.15, 0.2) is 0 Å². The van der Waals surface area contributed by atoms with Crippen molar-refractivity contribution in [3.8, 4) is 5.75 Å². The number of hydrogen-bond acceptors (Lipinski definition) is 5. The number of pyridine rings is 1. The molecule has 2 aromatic carbocycles. The number of anilines is 2. The van der Waals surface area contributed by atoms with Crippen LogP contribution in [0.3, 0.4) is 0 Å². The molecule has 0 spiro atoms. The molecule has 0 saturated carbocycles. The van der Waals surface area contributed by atoms with Crippen molar-refractivity contribution >= 4 is 21.5 Å². The van der Waals surface area contributed by atoms with Gasteiger partial charge in [0.1, 0.15) is 17.4 Å². The van der Waals surface area contributed by atoms with Crippen molar-refractivity contribution < 1.29 is 17.5 Å². The molecule has 0 unspecified atom stereocenters. The van der Waals surface area contributed by atoms with Gasteiger partial charge in [0.2, 0.25) is 0 Å². The van der Waals surface area contributed by atoms with E-state index in [-0.39, 0.29) is 4.90 Å². The molecule has 0 radical (unpaired) electrons. The van der Waals surface area contributed by atoms with E-state index in [9.17, 15) is 12.8 Å². The quantitative estimate of drug-likeness (QED) is 0.602. The summed E-state index contributed by atoms with van der Waals surface area (Å²) in [5.41, 5.74) is 1.49. The van der Waals surface area contributed by atoms with Crippen molar-refractivity contribution in [1.29, 1.82) is 0 Å². The second-order valence-corrected chi connectivity index (χ2v) is 7.70. The maximum absolute atomic E-state index is 13.0. The van der Waals surface area contributed by atoms with Crippen LogP contribution in [0.5, 0.6) is 5.75 Å². The molecule has 0 aliphatic carbocycles. The first-order chi connectivity index (χ1) is 13.5. The summed E-state index contributed by atoms with van der Waals surface area (Å²) in [4.78, 5) is 4.19. The maximum Gasteiger partial charge on any atom is 0.261 e. The molecule has 0 amide bonds. The minimum Gasteiger partial charge on any atom is -0.497 e. The zero-order valence-electron chi connectivity index (χ0n) is 15.2. The summed E-state index contributed by atoms with van der Waals surface area (Å²) in [6.07, 6.45) is 2.24. The molecule has 0 atom stereocenters. The normalized spacial score (nSPS) is 11.1. The first-order valence-corrected chi connectivity index (χ1v) is 10.1. The highest BCUT2D eigenvalue weighted by molar-refractivity contribution is 7.92. The highest BCUT2D eigenvalue weighted by atomic mass is 32.2. The van der Waals surface area contributed by atoms with Gasteiger partial charge in [-0.2, -0.15) is 0 Å². The lowest BCUT2D eigenvalue weighted by molar-refractivity contribution is 0.414. The van der Waals surface area contributed by atoms with Gasteiger partial charge in [-0.05, 0) is 60.5 Å². The monoisotopic (exact) mass is 401 g/mol. The Labute approximate surface area is 163 Å². The SMILES string of the molecule is COc1ccc(CCNc2ccc(NS(=O)(=O)c3ccc(F)cc3)cn2)cc1. The van der Waals surface area contributed by atoms with Crippen molar-refractivity contribution in [3.05, 3.63) is 78.2 Å². The summed E-state index contributed by atoms with van der Waals surface area (Å²) in [6, 6.07) is 15.7. The summed E-state index contributed by atoms with van der Waals surface area (Å²) in [5, 5.41) is 3.19. The van der Waals surface area contributed by atoms with Crippen molar-refractivity contribution in [2.75, 3.05) is 23.7 Å². The Kier molecular flexibility index (Phi) is 6.10. The number of halogens is 1. The standard InChI is InChI=1S/C20H20FN3O3S/c1-27-18-7-2-15(3-8-18)12-13-22-20-11-6-17(14-23-20)24-28(25,26)19-9-4-16(21)5-10-19/h2-11,14,24H,12-13H2,1H3,(H,22,23). The van der Waals surface area contributed by atoms with E-state index in [4.69, 9.17) is 4.74 Å². The Bertz CT molecular complexity index is 1010. The molecule has 0 fully saturated rings. The topological polar surface area (TPSA) is 80.3 Å². The number of benzene rings is 2. The molecule has 1 aromatic heterocycles. The number of sulfonamides is 1. The fourth-order valence-corrected chi connectivity index (χ4v) is 3.56. The van der Waals surface area contributed by atoms with E-state index >= 15 is 0 Å². The van der Waals surface area contributed by atoms with Crippen molar-refractivity contribution in [2.45, 2.75) is 11.3 Å². The molecule has 0 bridgehead atoms. The second kappa shape index (κ2) is 8.71. The number of methoxy groups -OCH3 is 1. The maximum atomic E-state index is 13.0. The van der Waals surface area contributed by atoms with Gasteiger partial charge < -0.3 is 10.1 Å². The van der Waals surface area contributed by atoms with Gasteiger partial charge in [0.05, 0.1) is 23.9 Å². The average molecular weight is 401 g/mol. The Hall–Kier alpha value is -3.13. The van der Waals surface area contributed by atoms with Gasteiger partial charge >= 0.3 is 0 Å². The van der Waals surface area contributed by atoms with Crippen LogP contribution in [0.15, 0.2) is 71.8 Å². The van der Waals surface area contributed by atoms with Crippen LogP contribution < -0.4 is 14.8 Å². The molecule has 1 heterocycles. The van der Waals surface area contributed by atoms with E-state index < -0.39 is 15.8 Å². The van der Waals surface area contributed by atoms with Crippen molar-refractivity contribution in [1.82, 2.24) is 4.98 Å². The number of hydrogen-bond donors (Lipinski definition) is 2. The molecule has 8 heteroatoms. The summed E-state index contributed by atoms with van der Waals surface area (Å²) in [6.45, 7) is 0.681. The number of nitrogens with zero attached hydrogens (tertiary/aromatic N) is 1. The van der Waals surface area contributed by atoms with Gasteiger partial charge in [-0.3, -0.25) is 4.72 Å². The predicted molar refractivity (Wildman–Crippen MR) is 107 cm³/mol. The number of rotatable bonds is 8. The Morgan fingerprint density at radius 1 is 1.00 bits per heavy atom. The lowest BCUT2D eigenvalue weighted by Gasteiger charge is -2.10.